The van der Waals surface area contributed by atoms with Gasteiger partial charge >= 0.3 is 0 Å². The SMILES string of the molecule is NS(=O)(=O)CCCNC1CSc2ccccc21. The van der Waals surface area contributed by atoms with Gasteiger partial charge in [0, 0.05) is 16.7 Å². The second-order valence-corrected chi connectivity index (χ2v) is 6.87. The molecule has 3 N–H and O–H groups in total. The molecule has 0 amide bonds. The molecule has 1 unspecified atom stereocenters. The fourth-order valence-corrected chi connectivity index (χ4v) is 3.62. The van der Waals surface area contributed by atoms with E-state index in [9.17, 15) is 8.42 Å². The van der Waals surface area contributed by atoms with Crippen LogP contribution in [0, 0.1) is 0 Å². The Morgan fingerprint density at radius 1 is 1.41 bits per heavy atom. The van der Waals surface area contributed by atoms with Gasteiger partial charge in [-0.2, -0.15) is 0 Å². The van der Waals surface area contributed by atoms with Crippen LogP contribution in [0.2, 0.25) is 0 Å². The standard InChI is InChI=1S/C11H16N2O2S2/c12-17(14,15)7-3-6-13-10-8-16-11-5-2-1-4-9(10)11/h1-2,4-5,10,13H,3,6-8H2,(H2,12,14,15). The number of hydrogen-bond acceptors (Lipinski definition) is 4. The van der Waals surface area contributed by atoms with Gasteiger partial charge in [-0.3, -0.25) is 0 Å². The van der Waals surface area contributed by atoms with Gasteiger partial charge in [-0.1, -0.05) is 18.2 Å². The summed E-state index contributed by atoms with van der Waals surface area (Å²) in [4.78, 5) is 1.32. The molecule has 0 aromatic heterocycles. The smallest absolute Gasteiger partial charge is 0.209 e. The number of primary sulfonamides is 1. The monoisotopic (exact) mass is 272 g/mol. The van der Waals surface area contributed by atoms with E-state index in [0.29, 0.717) is 19.0 Å². The van der Waals surface area contributed by atoms with Crippen molar-refractivity contribution in [3.63, 3.8) is 0 Å². The number of sulfonamides is 1. The maximum atomic E-state index is 10.8. The van der Waals surface area contributed by atoms with Crippen molar-refractivity contribution in [3.8, 4) is 0 Å². The number of hydrogen-bond donors (Lipinski definition) is 2. The lowest BCUT2D eigenvalue weighted by Crippen LogP contribution is -2.25. The molecule has 17 heavy (non-hydrogen) atoms. The molecule has 94 valence electrons. The average Bonchev–Trinajstić information content (AvgIpc) is 2.67. The van der Waals surface area contributed by atoms with Crippen molar-refractivity contribution in [2.45, 2.75) is 17.4 Å². The fraction of sp³-hybridized carbons (Fsp3) is 0.455. The van der Waals surface area contributed by atoms with Crippen molar-refractivity contribution in [1.82, 2.24) is 5.32 Å². The molecule has 0 fully saturated rings. The normalized spacial score (nSPS) is 19.2. The third kappa shape index (κ3) is 3.70. The van der Waals surface area contributed by atoms with Crippen molar-refractivity contribution in [2.75, 3.05) is 18.1 Å². The van der Waals surface area contributed by atoms with Gasteiger partial charge in [0.1, 0.15) is 0 Å². The van der Waals surface area contributed by atoms with Crippen LogP contribution < -0.4 is 10.5 Å². The third-order valence-corrected chi connectivity index (χ3v) is 4.74. The molecule has 1 atom stereocenters. The summed E-state index contributed by atoms with van der Waals surface area (Å²) >= 11 is 1.83. The summed E-state index contributed by atoms with van der Waals surface area (Å²) in [5.41, 5.74) is 1.31. The third-order valence-electron chi connectivity index (χ3n) is 2.70. The lowest BCUT2D eigenvalue weighted by atomic mass is 10.1. The van der Waals surface area contributed by atoms with E-state index in [2.05, 4.69) is 17.4 Å². The molecule has 1 aliphatic rings. The Morgan fingerprint density at radius 2 is 2.18 bits per heavy atom. The summed E-state index contributed by atoms with van der Waals surface area (Å²) in [5.74, 6) is 1.05. The van der Waals surface area contributed by atoms with E-state index >= 15 is 0 Å². The van der Waals surface area contributed by atoms with Crippen LogP contribution in [0.4, 0.5) is 0 Å². The maximum absolute atomic E-state index is 10.8. The lowest BCUT2D eigenvalue weighted by Gasteiger charge is -2.12. The molecular formula is C11H16N2O2S2. The van der Waals surface area contributed by atoms with Crippen LogP contribution >= 0.6 is 11.8 Å². The molecule has 0 spiro atoms. The lowest BCUT2D eigenvalue weighted by molar-refractivity contribution is 0.566. The summed E-state index contributed by atoms with van der Waals surface area (Å²) in [6, 6.07) is 8.63. The zero-order valence-electron chi connectivity index (χ0n) is 9.43. The highest BCUT2D eigenvalue weighted by atomic mass is 32.2. The van der Waals surface area contributed by atoms with Crippen LogP contribution in [0.5, 0.6) is 0 Å². The van der Waals surface area contributed by atoms with E-state index in [1.807, 2.05) is 23.9 Å². The zero-order valence-corrected chi connectivity index (χ0v) is 11.1. The second-order valence-electron chi connectivity index (χ2n) is 4.08. The van der Waals surface area contributed by atoms with Crippen molar-refractivity contribution in [2.24, 2.45) is 5.14 Å². The summed E-state index contributed by atoms with van der Waals surface area (Å²) < 4.78 is 21.5. The molecule has 1 aromatic rings. The van der Waals surface area contributed by atoms with Gasteiger partial charge in [-0.05, 0) is 24.6 Å². The van der Waals surface area contributed by atoms with Crippen LogP contribution in [-0.2, 0) is 10.0 Å². The first-order chi connectivity index (χ1) is 8.06. The Hall–Kier alpha value is -0.560. The van der Waals surface area contributed by atoms with Crippen LogP contribution in [0.15, 0.2) is 29.2 Å². The summed E-state index contributed by atoms with van der Waals surface area (Å²) in [7, 11) is -3.33. The van der Waals surface area contributed by atoms with Crippen molar-refractivity contribution < 1.29 is 8.42 Å². The van der Waals surface area contributed by atoms with Crippen molar-refractivity contribution in [1.29, 1.82) is 0 Å². The minimum absolute atomic E-state index is 0.0432. The van der Waals surface area contributed by atoms with E-state index < -0.39 is 10.0 Å². The van der Waals surface area contributed by atoms with Gasteiger partial charge in [0.05, 0.1) is 5.75 Å². The molecule has 1 aliphatic heterocycles. The predicted octanol–water partition coefficient (Wildman–Crippen LogP) is 1.10. The molecule has 0 saturated heterocycles. The second kappa shape index (κ2) is 5.39. The number of fused-ring (bicyclic) bond motifs is 1. The summed E-state index contributed by atoms with van der Waals surface area (Å²) in [5, 5.41) is 8.32. The van der Waals surface area contributed by atoms with Gasteiger partial charge in [0.25, 0.3) is 0 Å². The van der Waals surface area contributed by atoms with Crippen LogP contribution in [0.25, 0.3) is 0 Å². The van der Waals surface area contributed by atoms with Gasteiger partial charge < -0.3 is 5.32 Å². The fourth-order valence-electron chi connectivity index (χ4n) is 1.88. The minimum Gasteiger partial charge on any atom is -0.309 e. The molecule has 4 nitrogen and oxygen atoms in total. The zero-order chi connectivity index (χ0) is 12.3. The largest absolute Gasteiger partial charge is 0.309 e. The Morgan fingerprint density at radius 3 is 2.94 bits per heavy atom. The van der Waals surface area contributed by atoms with Crippen molar-refractivity contribution in [3.05, 3.63) is 29.8 Å². The highest BCUT2D eigenvalue weighted by Gasteiger charge is 2.21. The molecule has 6 heteroatoms. The number of nitrogens with two attached hydrogens (primary N) is 1. The highest BCUT2D eigenvalue weighted by Crippen LogP contribution is 2.37. The Balaban J connectivity index is 1.82. The number of nitrogens with one attached hydrogen (secondary N) is 1. The number of rotatable bonds is 5. The predicted molar refractivity (Wildman–Crippen MR) is 70.5 cm³/mol. The Bertz CT molecular complexity index is 488. The first-order valence-corrected chi connectivity index (χ1v) is 8.22. The molecule has 0 saturated carbocycles. The average molecular weight is 272 g/mol. The molecule has 0 aliphatic carbocycles. The Kier molecular flexibility index (Phi) is 4.09. The van der Waals surface area contributed by atoms with Crippen molar-refractivity contribution >= 4 is 21.8 Å². The van der Waals surface area contributed by atoms with Crippen LogP contribution in [0.1, 0.15) is 18.0 Å². The molecule has 2 rings (SSSR count). The van der Waals surface area contributed by atoms with E-state index in [4.69, 9.17) is 5.14 Å². The van der Waals surface area contributed by atoms with E-state index in [1.165, 1.54) is 10.5 Å². The molecular weight excluding hydrogens is 256 g/mol. The maximum Gasteiger partial charge on any atom is 0.209 e. The molecule has 1 heterocycles. The minimum atomic E-state index is -3.33. The number of thioether (sulfide) groups is 1. The number of benzene rings is 1. The topological polar surface area (TPSA) is 72.2 Å². The Labute approximate surface area is 106 Å². The van der Waals surface area contributed by atoms with Gasteiger partial charge in [-0.15, -0.1) is 11.8 Å². The van der Waals surface area contributed by atoms with Gasteiger partial charge in [0.15, 0.2) is 0 Å². The highest BCUT2D eigenvalue weighted by molar-refractivity contribution is 7.99. The van der Waals surface area contributed by atoms with E-state index in [-0.39, 0.29) is 5.75 Å². The van der Waals surface area contributed by atoms with Crippen LogP contribution in [0.3, 0.4) is 0 Å². The summed E-state index contributed by atoms with van der Waals surface area (Å²) in [6.45, 7) is 0.677. The van der Waals surface area contributed by atoms with Gasteiger partial charge in [0.2, 0.25) is 10.0 Å². The molecule has 0 radical (unpaired) electrons. The molecule has 0 bridgehead atoms. The van der Waals surface area contributed by atoms with E-state index in [0.717, 1.165) is 5.75 Å². The van der Waals surface area contributed by atoms with E-state index in [1.54, 1.807) is 0 Å². The quantitative estimate of drug-likeness (QED) is 0.787. The first-order valence-electron chi connectivity index (χ1n) is 5.52. The summed E-state index contributed by atoms with van der Waals surface area (Å²) in [6.07, 6.45) is 0.558. The molecule has 1 aromatic carbocycles. The first kappa shape index (κ1) is 12.9. The van der Waals surface area contributed by atoms with Gasteiger partial charge in [-0.25, -0.2) is 13.6 Å². The van der Waals surface area contributed by atoms with Crippen LogP contribution in [-0.4, -0.2) is 26.5 Å².